The molecule has 0 saturated carbocycles. The quantitative estimate of drug-likeness (QED) is 0.937. The molecule has 4 nitrogen and oxygen atoms in total. The van der Waals surface area contributed by atoms with Crippen molar-refractivity contribution in [2.24, 2.45) is 5.92 Å². The highest BCUT2D eigenvalue weighted by molar-refractivity contribution is 5.51. The van der Waals surface area contributed by atoms with E-state index in [1.165, 1.54) is 31.6 Å². The second-order valence-electron chi connectivity index (χ2n) is 6.09. The minimum absolute atomic E-state index is 0.511. The third kappa shape index (κ3) is 3.45. The molecule has 1 unspecified atom stereocenters. The highest BCUT2D eigenvalue weighted by Gasteiger charge is 2.22. The van der Waals surface area contributed by atoms with Crippen LogP contribution < -0.4 is 5.32 Å². The van der Waals surface area contributed by atoms with Crippen LogP contribution in [0.4, 0.5) is 5.69 Å². The van der Waals surface area contributed by atoms with E-state index in [2.05, 4.69) is 53.4 Å². The molecule has 0 aliphatic carbocycles. The Balaban J connectivity index is 1.66. The molecule has 1 aliphatic rings. The van der Waals surface area contributed by atoms with E-state index in [-0.39, 0.29) is 0 Å². The van der Waals surface area contributed by atoms with Gasteiger partial charge in [0.15, 0.2) is 0 Å². The van der Waals surface area contributed by atoms with Gasteiger partial charge in [-0.25, -0.2) is 4.98 Å². The van der Waals surface area contributed by atoms with Crippen LogP contribution in [0.5, 0.6) is 0 Å². The van der Waals surface area contributed by atoms with Crippen LogP contribution in [0.3, 0.4) is 0 Å². The van der Waals surface area contributed by atoms with Crippen molar-refractivity contribution in [1.82, 2.24) is 14.5 Å². The smallest absolute Gasteiger partial charge is 0.0991 e. The Morgan fingerprint density at radius 3 is 2.81 bits per heavy atom. The fourth-order valence-electron chi connectivity index (χ4n) is 3.08. The van der Waals surface area contributed by atoms with Crippen molar-refractivity contribution in [1.29, 1.82) is 0 Å². The molecule has 0 amide bonds. The van der Waals surface area contributed by atoms with Gasteiger partial charge in [0.25, 0.3) is 0 Å². The zero-order valence-corrected chi connectivity index (χ0v) is 12.9. The zero-order valence-electron chi connectivity index (χ0n) is 12.9. The van der Waals surface area contributed by atoms with Crippen LogP contribution in [-0.4, -0.2) is 40.6 Å². The van der Waals surface area contributed by atoms with Crippen LogP contribution in [0.2, 0.25) is 0 Å². The molecule has 1 aliphatic heterocycles. The number of benzene rings is 1. The highest BCUT2D eigenvalue weighted by Crippen LogP contribution is 2.23. The SMILES string of the molecule is CC(Nc1cccc(-n2ccnc2)c1)C1CCN(C)CC1. The number of anilines is 1. The summed E-state index contributed by atoms with van der Waals surface area (Å²) in [6.45, 7) is 4.73. The topological polar surface area (TPSA) is 33.1 Å². The molecule has 112 valence electrons. The van der Waals surface area contributed by atoms with Gasteiger partial charge in [-0.05, 0) is 64.0 Å². The van der Waals surface area contributed by atoms with Gasteiger partial charge in [0.2, 0.25) is 0 Å². The maximum Gasteiger partial charge on any atom is 0.0991 e. The van der Waals surface area contributed by atoms with E-state index in [4.69, 9.17) is 0 Å². The fraction of sp³-hybridized carbons (Fsp3) is 0.471. The first kappa shape index (κ1) is 14.1. The second kappa shape index (κ2) is 6.31. The van der Waals surface area contributed by atoms with Crippen molar-refractivity contribution in [3.05, 3.63) is 43.0 Å². The van der Waals surface area contributed by atoms with Crippen LogP contribution in [0, 0.1) is 5.92 Å². The van der Waals surface area contributed by atoms with Crippen molar-refractivity contribution >= 4 is 5.69 Å². The number of nitrogens with zero attached hydrogens (tertiary/aromatic N) is 3. The molecular weight excluding hydrogens is 260 g/mol. The number of rotatable bonds is 4. The number of hydrogen-bond donors (Lipinski definition) is 1. The molecule has 0 radical (unpaired) electrons. The van der Waals surface area contributed by atoms with Gasteiger partial charge >= 0.3 is 0 Å². The number of nitrogens with one attached hydrogen (secondary N) is 1. The highest BCUT2D eigenvalue weighted by atomic mass is 15.1. The van der Waals surface area contributed by atoms with E-state index in [1.54, 1.807) is 6.20 Å². The van der Waals surface area contributed by atoms with Gasteiger partial charge in [-0.15, -0.1) is 0 Å². The molecule has 0 spiro atoms. The van der Waals surface area contributed by atoms with Crippen LogP contribution in [0.15, 0.2) is 43.0 Å². The second-order valence-corrected chi connectivity index (χ2v) is 6.09. The summed E-state index contributed by atoms with van der Waals surface area (Å²) in [6, 6.07) is 9.04. The summed E-state index contributed by atoms with van der Waals surface area (Å²) in [5.41, 5.74) is 2.33. The Morgan fingerprint density at radius 1 is 1.29 bits per heavy atom. The first-order valence-electron chi connectivity index (χ1n) is 7.76. The van der Waals surface area contributed by atoms with E-state index < -0.39 is 0 Å². The Kier molecular flexibility index (Phi) is 4.25. The Labute approximate surface area is 126 Å². The fourth-order valence-corrected chi connectivity index (χ4v) is 3.08. The standard InChI is InChI=1S/C17H24N4/c1-14(15-6-9-20(2)10-7-15)19-16-4-3-5-17(12-16)21-11-8-18-13-21/h3-5,8,11-15,19H,6-7,9-10H2,1-2H3. The summed E-state index contributed by atoms with van der Waals surface area (Å²) in [5.74, 6) is 0.762. The molecule has 21 heavy (non-hydrogen) atoms. The minimum Gasteiger partial charge on any atom is -0.382 e. The van der Waals surface area contributed by atoms with Crippen molar-refractivity contribution in [3.8, 4) is 5.69 Å². The van der Waals surface area contributed by atoms with Gasteiger partial charge in [0, 0.05) is 29.8 Å². The first-order valence-corrected chi connectivity index (χ1v) is 7.76. The molecule has 0 bridgehead atoms. The first-order chi connectivity index (χ1) is 10.2. The lowest BCUT2D eigenvalue weighted by Crippen LogP contribution is -2.37. The van der Waals surface area contributed by atoms with Crippen molar-refractivity contribution in [2.75, 3.05) is 25.5 Å². The molecule has 4 heteroatoms. The predicted molar refractivity (Wildman–Crippen MR) is 86.9 cm³/mol. The van der Waals surface area contributed by atoms with Gasteiger partial charge in [0.1, 0.15) is 0 Å². The van der Waals surface area contributed by atoms with Crippen LogP contribution >= 0.6 is 0 Å². The average Bonchev–Trinajstić information content (AvgIpc) is 3.02. The van der Waals surface area contributed by atoms with Gasteiger partial charge in [0.05, 0.1) is 6.33 Å². The van der Waals surface area contributed by atoms with E-state index in [9.17, 15) is 0 Å². The Hall–Kier alpha value is -1.81. The average molecular weight is 284 g/mol. The van der Waals surface area contributed by atoms with Crippen LogP contribution in [0.1, 0.15) is 19.8 Å². The minimum atomic E-state index is 0.511. The monoisotopic (exact) mass is 284 g/mol. The van der Waals surface area contributed by atoms with E-state index in [1.807, 2.05) is 17.1 Å². The lowest BCUT2D eigenvalue weighted by Gasteiger charge is -2.33. The maximum atomic E-state index is 4.11. The molecule has 3 rings (SSSR count). The number of aromatic nitrogens is 2. The Morgan fingerprint density at radius 2 is 2.10 bits per heavy atom. The summed E-state index contributed by atoms with van der Waals surface area (Å²) < 4.78 is 2.03. The molecule has 2 heterocycles. The summed E-state index contributed by atoms with van der Waals surface area (Å²) >= 11 is 0. The van der Waals surface area contributed by atoms with E-state index >= 15 is 0 Å². The van der Waals surface area contributed by atoms with Crippen LogP contribution in [-0.2, 0) is 0 Å². The number of imidazole rings is 1. The molecule has 1 atom stereocenters. The van der Waals surface area contributed by atoms with Gasteiger partial charge in [-0.3, -0.25) is 0 Å². The van der Waals surface area contributed by atoms with Crippen molar-refractivity contribution < 1.29 is 0 Å². The largest absolute Gasteiger partial charge is 0.382 e. The lowest BCUT2D eigenvalue weighted by molar-refractivity contribution is 0.208. The number of hydrogen-bond acceptors (Lipinski definition) is 3. The van der Waals surface area contributed by atoms with Gasteiger partial charge in [-0.2, -0.15) is 0 Å². The van der Waals surface area contributed by atoms with Gasteiger partial charge < -0.3 is 14.8 Å². The molecule has 1 aromatic carbocycles. The van der Waals surface area contributed by atoms with Crippen molar-refractivity contribution in [3.63, 3.8) is 0 Å². The number of likely N-dealkylation sites (tertiary alicyclic amines) is 1. The predicted octanol–water partition coefficient (Wildman–Crippen LogP) is 3.01. The molecular formula is C17H24N4. The van der Waals surface area contributed by atoms with E-state index in [0.29, 0.717) is 6.04 Å². The summed E-state index contributed by atoms with van der Waals surface area (Å²) in [5, 5.41) is 3.68. The van der Waals surface area contributed by atoms with Crippen molar-refractivity contribution in [2.45, 2.75) is 25.8 Å². The lowest BCUT2D eigenvalue weighted by atomic mass is 9.90. The third-order valence-corrected chi connectivity index (χ3v) is 4.51. The third-order valence-electron chi connectivity index (χ3n) is 4.51. The molecule has 1 N–H and O–H groups in total. The maximum absolute atomic E-state index is 4.11. The molecule has 1 saturated heterocycles. The number of piperidine rings is 1. The normalized spacial score (nSPS) is 18.6. The molecule has 2 aromatic rings. The summed E-state index contributed by atoms with van der Waals surface area (Å²) in [7, 11) is 2.21. The molecule has 1 aromatic heterocycles. The molecule has 1 fully saturated rings. The van der Waals surface area contributed by atoms with E-state index in [0.717, 1.165) is 11.6 Å². The Bertz CT molecular complexity index is 556. The van der Waals surface area contributed by atoms with Gasteiger partial charge in [-0.1, -0.05) is 6.07 Å². The summed E-state index contributed by atoms with van der Waals surface area (Å²) in [6.07, 6.45) is 8.18. The zero-order chi connectivity index (χ0) is 14.7. The van der Waals surface area contributed by atoms with Crippen LogP contribution in [0.25, 0.3) is 5.69 Å². The summed E-state index contributed by atoms with van der Waals surface area (Å²) in [4.78, 5) is 6.53.